The maximum absolute atomic E-state index is 12.3. The van der Waals surface area contributed by atoms with Crippen molar-refractivity contribution in [2.24, 2.45) is 52.3 Å². The van der Waals surface area contributed by atoms with E-state index >= 15 is 0 Å². The molecule has 1 heterocycles. The number of rotatable bonds is 0. The van der Waals surface area contributed by atoms with Gasteiger partial charge in [-0.05, 0) is 74.0 Å². The first-order valence-corrected chi connectivity index (χ1v) is 11.7. The van der Waals surface area contributed by atoms with Crippen molar-refractivity contribution < 1.29 is 19.4 Å². The minimum Gasteiger partial charge on any atom is -0.458 e. The van der Waals surface area contributed by atoms with Gasteiger partial charge in [-0.3, -0.25) is 9.59 Å². The molecule has 11 atom stereocenters. The molecule has 4 heteroatoms. The van der Waals surface area contributed by atoms with Gasteiger partial charge in [-0.25, -0.2) is 0 Å². The molecule has 28 heavy (non-hydrogen) atoms. The number of ether oxygens (including phenoxy) is 1. The molecule has 0 amide bonds. The van der Waals surface area contributed by atoms with Crippen LogP contribution in [-0.4, -0.2) is 28.1 Å². The third kappa shape index (κ3) is 1.55. The summed E-state index contributed by atoms with van der Waals surface area (Å²) in [4.78, 5) is 24.4. The van der Waals surface area contributed by atoms with E-state index in [1.54, 1.807) is 0 Å². The average Bonchev–Trinajstić information content (AvgIpc) is 3.54. The van der Waals surface area contributed by atoms with Crippen molar-refractivity contribution in [3.05, 3.63) is 0 Å². The molecule has 0 aromatic heterocycles. The number of carbonyl (C=O) groups is 2. The normalized spacial score (nSPS) is 65.8. The zero-order valence-electron chi connectivity index (χ0n) is 17.1. The number of carbonyl (C=O) groups excluding carboxylic acids is 2. The topological polar surface area (TPSA) is 63.6 Å². The Morgan fingerprint density at radius 2 is 1.71 bits per heavy atom. The standard InChI is InChI=1S/C24H32O4/c1-21-6-3-12(25)11-23(21,27)16-9-13(16)19-15(21)4-7-22(2)20(19)14-10-17(14)24(22)8-5-18(26)28-24/h13-17,19-20,27H,3-11H2,1-2H3/t13-,14+,15?,16?,17-,19?,20?,21?,22?,23?,24-/m0/s1. The van der Waals surface area contributed by atoms with Gasteiger partial charge >= 0.3 is 5.97 Å². The van der Waals surface area contributed by atoms with E-state index in [1.165, 1.54) is 6.42 Å². The third-order valence-electron chi connectivity index (χ3n) is 11.6. The first-order chi connectivity index (χ1) is 13.3. The van der Waals surface area contributed by atoms with E-state index < -0.39 is 5.60 Å². The van der Waals surface area contributed by atoms with Gasteiger partial charge in [0.15, 0.2) is 0 Å². The van der Waals surface area contributed by atoms with Crippen LogP contribution in [-0.2, 0) is 14.3 Å². The van der Waals surface area contributed by atoms with Gasteiger partial charge in [0.1, 0.15) is 11.4 Å². The van der Waals surface area contributed by atoms with Gasteiger partial charge in [0.2, 0.25) is 0 Å². The molecule has 7 unspecified atom stereocenters. The fraction of sp³-hybridized carbons (Fsp3) is 0.917. The Labute approximate surface area is 166 Å². The molecule has 6 aliphatic carbocycles. The summed E-state index contributed by atoms with van der Waals surface area (Å²) in [5.41, 5.74) is -0.943. The minimum absolute atomic E-state index is 0.0229. The molecule has 0 radical (unpaired) electrons. The molecule has 0 bridgehead atoms. The summed E-state index contributed by atoms with van der Waals surface area (Å²) in [6.07, 6.45) is 8.04. The Morgan fingerprint density at radius 3 is 2.46 bits per heavy atom. The highest BCUT2D eigenvalue weighted by Crippen LogP contribution is 2.83. The van der Waals surface area contributed by atoms with Gasteiger partial charge in [0.05, 0.1) is 5.60 Å². The van der Waals surface area contributed by atoms with Crippen molar-refractivity contribution in [1.82, 2.24) is 0 Å². The molecule has 1 spiro atoms. The van der Waals surface area contributed by atoms with Crippen LogP contribution in [0.4, 0.5) is 0 Å². The fourth-order valence-corrected chi connectivity index (χ4v) is 10.3. The van der Waals surface area contributed by atoms with Crippen molar-refractivity contribution in [2.45, 2.75) is 82.8 Å². The highest BCUT2D eigenvalue weighted by Gasteiger charge is 2.83. The molecular weight excluding hydrogens is 352 g/mol. The van der Waals surface area contributed by atoms with E-state index in [4.69, 9.17) is 4.74 Å². The fourth-order valence-electron chi connectivity index (χ4n) is 10.3. The van der Waals surface area contributed by atoms with Crippen LogP contribution in [0.1, 0.15) is 71.6 Å². The van der Waals surface area contributed by atoms with Crippen LogP contribution in [0.2, 0.25) is 0 Å². The van der Waals surface area contributed by atoms with Crippen LogP contribution in [0, 0.1) is 52.3 Å². The number of hydrogen-bond acceptors (Lipinski definition) is 4. The summed E-state index contributed by atoms with van der Waals surface area (Å²) in [7, 11) is 0. The second-order valence-corrected chi connectivity index (χ2v) is 12.1. The van der Waals surface area contributed by atoms with Crippen molar-refractivity contribution in [1.29, 1.82) is 0 Å². The van der Waals surface area contributed by atoms with Crippen molar-refractivity contribution in [3.8, 4) is 0 Å². The van der Waals surface area contributed by atoms with Gasteiger partial charge in [0.25, 0.3) is 0 Å². The van der Waals surface area contributed by atoms with Crippen molar-refractivity contribution in [2.75, 3.05) is 0 Å². The van der Waals surface area contributed by atoms with E-state index in [0.717, 1.165) is 38.0 Å². The summed E-state index contributed by atoms with van der Waals surface area (Å²) < 4.78 is 6.20. The first-order valence-electron chi connectivity index (χ1n) is 11.7. The molecule has 1 N–H and O–H groups in total. The lowest BCUT2D eigenvalue weighted by atomic mass is 9.42. The van der Waals surface area contributed by atoms with Gasteiger partial charge < -0.3 is 9.84 Å². The van der Waals surface area contributed by atoms with Crippen LogP contribution < -0.4 is 0 Å². The molecule has 152 valence electrons. The third-order valence-corrected chi connectivity index (χ3v) is 11.6. The van der Waals surface area contributed by atoms with Crippen molar-refractivity contribution in [3.63, 3.8) is 0 Å². The SMILES string of the molecule is CC12CCC(=O)CC1(O)C1C[C@@H]1C1C2CCC2(C)C1[C@@H]1C[C@@H]1[C@@]21CCC(=O)O1. The zero-order valence-corrected chi connectivity index (χ0v) is 17.1. The highest BCUT2D eigenvalue weighted by atomic mass is 16.6. The minimum atomic E-state index is -0.763. The van der Waals surface area contributed by atoms with E-state index in [9.17, 15) is 14.7 Å². The molecular formula is C24H32O4. The lowest BCUT2D eigenvalue weighted by molar-refractivity contribution is -0.223. The lowest BCUT2D eigenvalue weighted by Gasteiger charge is -2.64. The molecule has 7 rings (SSSR count). The van der Waals surface area contributed by atoms with Crippen LogP contribution in [0.3, 0.4) is 0 Å². The zero-order chi connectivity index (χ0) is 19.3. The number of Topliss-reactive ketones (excluding diaryl/α,β-unsaturated/α-hetero) is 1. The Balaban J connectivity index is 1.32. The molecule has 7 fully saturated rings. The van der Waals surface area contributed by atoms with Crippen molar-refractivity contribution >= 4 is 11.8 Å². The number of aliphatic hydroxyl groups is 1. The first kappa shape index (κ1) is 16.8. The van der Waals surface area contributed by atoms with Gasteiger partial charge in [0, 0.05) is 36.0 Å². The second-order valence-electron chi connectivity index (χ2n) is 12.1. The van der Waals surface area contributed by atoms with Crippen LogP contribution in [0.5, 0.6) is 0 Å². The Hall–Kier alpha value is -0.900. The number of ketones is 1. The predicted molar refractivity (Wildman–Crippen MR) is 101 cm³/mol. The molecule has 6 saturated carbocycles. The molecule has 1 saturated heterocycles. The van der Waals surface area contributed by atoms with Gasteiger partial charge in [-0.1, -0.05) is 13.8 Å². The van der Waals surface area contributed by atoms with Crippen LogP contribution in [0.15, 0.2) is 0 Å². The monoisotopic (exact) mass is 384 g/mol. The number of hydrogen-bond donors (Lipinski definition) is 1. The largest absolute Gasteiger partial charge is 0.458 e. The van der Waals surface area contributed by atoms with E-state index in [0.29, 0.717) is 54.8 Å². The maximum atomic E-state index is 12.3. The van der Waals surface area contributed by atoms with E-state index in [1.807, 2.05) is 0 Å². The van der Waals surface area contributed by atoms with Gasteiger partial charge in [-0.15, -0.1) is 0 Å². The molecule has 4 nitrogen and oxygen atoms in total. The van der Waals surface area contributed by atoms with E-state index in [-0.39, 0.29) is 28.2 Å². The highest BCUT2D eigenvalue weighted by molar-refractivity contribution is 5.81. The summed E-state index contributed by atoms with van der Waals surface area (Å²) in [5, 5.41) is 11.8. The molecule has 0 aromatic carbocycles. The molecule has 7 aliphatic rings. The summed E-state index contributed by atoms with van der Waals surface area (Å²) in [6.45, 7) is 4.77. The quantitative estimate of drug-likeness (QED) is 0.649. The Kier molecular flexibility index (Phi) is 2.74. The average molecular weight is 385 g/mol. The molecule has 0 aromatic rings. The van der Waals surface area contributed by atoms with Crippen LogP contribution >= 0.6 is 0 Å². The molecule has 1 aliphatic heterocycles. The smallest absolute Gasteiger partial charge is 0.306 e. The van der Waals surface area contributed by atoms with E-state index in [2.05, 4.69) is 13.8 Å². The van der Waals surface area contributed by atoms with Gasteiger partial charge in [-0.2, -0.15) is 0 Å². The number of fused-ring (bicyclic) bond motifs is 12. The summed E-state index contributed by atoms with van der Waals surface area (Å²) >= 11 is 0. The second kappa shape index (κ2) is 4.55. The Morgan fingerprint density at radius 1 is 0.929 bits per heavy atom. The maximum Gasteiger partial charge on any atom is 0.306 e. The Bertz CT molecular complexity index is 821. The van der Waals surface area contributed by atoms with Crippen LogP contribution in [0.25, 0.3) is 0 Å². The lowest BCUT2D eigenvalue weighted by Crippen LogP contribution is -2.65. The summed E-state index contributed by atoms with van der Waals surface area (Å²) in [5.74, 6) is 4.36. The number of esters is 1. The summed E-state index contributed by atoms with van der Waals surface area (Å²) in [6, 6.07) is 0. The predicted octanol–water partition coefficient (Wildman–Crippen LogP) is 3.50.